The largest absolute Gasteiger partial charge is 0.416 e. The van der Waals surface area contributed by atoms with E-state index in [1.165, 1.54) is 23.3 Å². The first-order valence-corrected chi connectivity index (χ1v) is 9.12. The van der Waals surface area contributed by atoms with Crippen LogP contribution < -0.4 is 5.32 Å². The Bertz CT molecular complexity index is 816. The molecule has 0 heterocycles. The van der Waals surface area contributed by atoms with Gasteiger partial charge < -0.3 is 5.32 Å². The highest BCUT2D eigenvalue weighted by molar-refractivity contribution is 5.64. The van der Waals surface area contributed by atoms with E-state index in [1.54, 1.807) is 0 Å². The van der Waals surface area contributed by atoms with Gasteiger partial charge in [0.15, 0.2) is 0 Å². The number of aryl methyl sites for hydroxylation is 1. The lowest BCUT2D eigenvalue weighted by Gasteiger charge is -2.38. The van der Waals surface area contributed by atoms with Gasteiger partial charge in [0.05, 0.1) is 5.56 Å². The van der Waals surface area contributed by atoms with Crippen molar-refractivity contribution in [1.29, 1.82) is 0 Å². The van der Waals surface area contributed by atoms with E-state index in [1.807, 2.05) is 24.3 Å². The van der Waals surface area contributed by atoms with Crippen LogP contribution in [0.4, 0.5) is 13.2 Å². The van der Waals surface area contributed by atoms with E-state index in [4.69, 9.17) is 0 Å². The standard InChI is InChI=1S/C23H24F3N/c1-15-14-16(2)22(15)27-17(3)4-5-18-6-8-19(9-7-18)20-10-12-21(13-11-20)23(24,25)26/h6-13,16,22,27H,1,3-5,14H2,2H3/t16-,22+/m1/s1. The maximum Gasteiger partial charge on any atom is 0.416 e. The van der Waals surface area contributed by atoms with Crippen LogP contribution in [0.5, 0.6) is 0 Å². The summed E-state index contributed by atoms with van der Waals surface area (Å²) in [5.74, 6) is 0.609. The number of rotatable bonds is 6. The number of halogens is 3. The Hall–Kier alpha value is -2.49. The SMILES string of the molecule is C=C(CCc1ccc(-c2ccc(C(F)(F)F)cc2)cc1)N[C@H]1C(=C)C[C@H]1C. The van der Waals surface area contributed by atoms with Crippen LogP contribution in [0, 0.1) is 5.92 Å². The Morgan fingerprint density at radius 2 is 1.59 bits per heavy atom. The Balaban J connectivity index is 1.55. The van der Waals surface area contributed by atoms with Crippen molar-refractivity contribution in [2.24, 2.45) is 5.92 Å². The fraction of sp³-hybridized carbons (Fsp3) is 0.304. The smallest absolute Gasteiger partial charge is 0.382 e. The molecule has 4 heteroatoms. The van der Waals surface area contributed by atoms with Crippen molar-refractivity contribution in [1.82, 2.24) is 5.32 Å². The summed E-state index contributed by atoms with van der Waals surface area (Å²) in [7, 11) is 0. The first-order valence-electron chi connectivity index (χ1n) is 9.12. The highest BCUT2D eigenvalue weighted by atomic mass is 19.4. The topological polar surface area (TPSA) is 12.0 Å². The molecule has 1 nitrogen and oxygen atoms in total. The molecule has 27 heavy (non-hydrogen) atoms. The first kappa shape index (κ1) is 19.3. The van der Waals surface area contributed by atoms with Crippen LogP contribution in [0.1, 0.15) is 30.9 Å². The summed E-state index contributed by atoms with van der Waals surface area (Å²) in [5, 5.41) is 3.45. The van der Waals surface area contributed by atoms with Crippen LogP contribution in [0.3, 0.4) is 0 Å². The van der Waals surface area contributed by atoms with Crippen molar-refractivity contribution >= 4 is 0 Å². The van der Waals surface area contributed by atoms with Gasteiger partial charge in [0.1, 0.15) is 0 Å². The maximum absolute atomic E-state index is 12.7. The molecule has 2 aromatic carbocycles. The Morgan fingerprint density at radius 1 is 1.04 bits per heavy atom. The molecule has 0 bridgehead atoms. The third-order valence-corrected chi connectivity index (χ3v) is 5.17. The molecule has 0 amide bonds. The van der Waals surface area contributed by atoms with Gasteiger partial charge >= 0.3 is 6.18 Å². The second-order valence-corrected chi connectivity index (χ2v) is 7.34. The Kier molecular flexibility index (Phi) is 5.45. The van der Waals surface area contributed by atoms with Crippen molar-refractivity contribution in [2.45, 2.75) is 38.4 Å². The third kappa shape index (κ3) is 4.62. The minimum atomic E-state index is -4.30. The molecule has 2 atom stereocenters. The van der Waals surface area contributed by atoms with Crippen molar-refractivity contribution in [2.75, 3.05) is 0 Å². The fourth-order valence-electron chi connectivity index (χ4n) is 3.45. The molecule has 0 aliphatic heterocycles. The molecule has 0 spiro atoms. The summed E-state index contributed by atoms with van der Waals surface area (Å²) in [6.45, 7) is 10.4. The van der Waals surface area contributed by atoms with Crippen molar-refractivity contribution < 1.29 is 13.2 Å². The van der Waals surface area contributed by atoms with Gasteiger partial charge in [-0.2, -0.15) is 13.2 Å². The van der Waals surface area contributed by atoms with Crippen molar-refractivity contribution in [3.8, 4) is 11.1 Å². The molecular weight excluding hydrogens is 347 g/mol. The lowest BCUT2D eigenvalue weighted by molar-refractivity contribution is -0.137. The van der Waals surface area contributed by atoms with Crippen molar-refractivity contribution in [3.05, 3.63) is 84.1 Å². The molecule has 0 radical (unpaired) electrons. The number of alkyl halides is 3. The lowest BCUT2D eigenvalue weighted by atomic mass is 9.76. The zero-order valence-corrected chi connectivity index (χ0v) is 15.4. The zero-order valence-electron chi connectivity index (χ0n) is 15.4. The Morgan fingerprint density at radius 3 is 2.07 bits per heavy atom. The molecule has 142 valence electrons. The molecule has 1 N–H and O–H groups in total. The van der Waals surface area contributed by atoms with Crippen LogP contribution >= 0.6 is 0 Å². The number of nitrogens with one attached hydrogen (secondary N) is 1. The molecule has 1 fully saturated rings. The van der Waals surface area contributed by atoms with E-state index in [2.05, 4.69) is 25.4 Å². The van der Waals surface area contributed by atoms with E-state index in [-0.39, 0.29) is 0 Å². The molecule has 2 aromatic rings. The zero-order chi connectivity index (χ0) is 19.6. The van der Waals surface area contributed by atoms with Gasteiger partial charge in [-0.25, -0.2) is 0 Å². The summed E-state index contributed by atoms with van der Waals surface area (Å²) in [4.78, 5) is 0. The molecule has 1 saturated carbocycles. The van der Waals surface area contributed by atoms with Gasteiger partial charge in [-0.05, 0) is 54.0 Å². The van der Waals surface area contributed by atoms with Crippen LogP contribution in [0.2, 0.25) is 0 Å². The second kappa shape index (κ2) is 7.63. The van der Waals surface area contributed by atoms with Gasteiger partial charge in [0.25, 0.3) is 0 Å². The molecule has 0 saturated heterocycles. The average Bonchev–Trinajstić information content (AvgIpc) is 2.64. The molecule has 3 rings (SSSR count). The quantitative estimate of drug-likeness (QED) is 0.582. The van der Waals surface area contributed by atoms with Crippen LogP contribution in [0.15, 0.2) is 73.0 Å². The summed E-state index contributed by atoms with van der Waals surface area (Å²) >= 11 is 0. The molecule has 0 unspecified atom stereocenters. The molecular formula is C23H24F3N. The van der Waals surface area contributed by atoms with Crippen LogP contribution in [-0.2, 0) is 12.6 Å². The van der Waals surface area contributed by atoms with Gasteiger partial charge in [0.2, 0.25) is 0 Å². The monoisotopic (exact) mass is 371 g/mol. The number of allylic oxidation sites excluding steroid dienone is 1. The summed E-state index contributed by atoms with van der Waals surface area (Å²) in [6, 6.07) is 13.5. The first-order chi connectivity index (χ1) is 12.7. The van der Waals surface area contributed by atoms with Crippen LogP contribution in [-0.4, -0.2) is 6.04 Å². The minimum absolute atomic E-state index is 0.347. The normalized spacial score (nSPS) is 19.5. The van der Waals surface area contributed by atoms with Gasteiger partial charge in [-0.3, -0.25) is 0 Å². The maximum atomic E-state index is 12.7. The predicted octanol–water partition coefficient (Wildman–Crippen LogP) is 6.37. The average molecular weight is 371 g/mol. The van der Waals surface area contributed by atoms with Gasteiger partial charge in [-0.1, -0.05) is 62.1 Å². The molecule has 0 aromatic heterocycles. The predicted molar refractivity (Wildman–Crippen MR) is 104 cm³/mol. The minimum Gasteiger partial charge on any atom is -0.382 e. The van der Waals surface area contributed by atoms with E-state index in [9.17, 15) is 13.2 Å². The molecule has 1 aliphatic rings. The summed E-state index contributed by atoms with van der Waals surface area (Å²) in [5.41, 5.74) is 4.48. The van der Waals surface area contributed by atoms with E-state index < -0.39 is 11.7 Å². The van der Waals surface area contributed by atoms with Crippen LogP contribution in [0.25, 0.3) is 11.1 Å². The number of benzene rings is 2. The highest BCUT2D eigenvalue weighted by Gasteiger charge is 2.31. The molecule has 1 aliphatic carbocycles. The van der Waals surface area contributed by atoms with E-state index >= 15 is 0 Å². The van der Waals surface area contributed by atoms with E-state index in [0.717, 1.165) is 48.2 Å². The second-order valence-electron chi connectivity index (χ2n) is 7.34. The summed E-state index contributed by atoms with van der Waals surface area (Å²) < 4.78 is 38.0. The summed E-state index contributed by atoms with van der Waals surface area (Å²) in [6.07, 6.45) is -1.51. The van der Waals surface area contributed by atoms with Gasteiger partial charge in [-0.15, -0.1) is 0 Å². The lowest BCUT2D eigenvalue weighted by Crippen LogP contribution is -2.43. The van der Waals surface area contributed by atoms with Gasteiger partial charge in [0, 0.05) is 11.7 Å². The fourth-order valence-corrected chi connectivity index (χ4v) is 3.45. The van der Waals surface area contributed by atoms with Crippen molar-refractivity contribution in [3.63, 3.8) is 0 Å². The number of hydrogen-bond donors (Lipinski definition) is 1. The van der Waals surface area contributed by atoms with E-state index in [0.29, 0.717) is 12.0 Å². The number of hydrogen-bond acceptors (Lipinski definition) is 1. The highest BCUT2D eigenvalue weighted by Crippen LogP contribution is 2.33. The Labute approximate surface area is 158 Å². The third-order valence-electron chi connectivity index (χ3n) is 5.17.